The first kappa shape index (κ1) is 24.5. The second-order valence-corrected chi connectivity index (χ2v) is 11.5. The van der Waals surface area contributed by atoms with Gasteiger partial charge in [-0.25, -0.2) is 9.78 Å². The second kappa shape index (κ2) is 10.2. The summed E-state index contributed by atoms with van der Waals surface area (Å²) in [7, 11) is 2.05. The molecule has 3 saturated heterocycles. The Balaban J connectivity index is 1.03. The first-order chi connectivity index (χ1) is 18.0. The maximum atomic E-state index is 12.0. The molecule has 2 aromatic rings. The van der Waals surface area contributed by atoms with Gasteiger partial charge < -0.3 is 19.4 Å². The summed E-state index contributed by atoms with van der Waals surface area (Å²) in [5, 5.41) is 4.37. The molecular formula is C28H41N7O2. The minimum absolute atomic E-state index is 0.141. The summed E-state index contributed by atoms with van der Waals surface area (Å²) >= 11 is 0. The van der Waals surface area contributed by atoms with Gasteiger partial charge in [-0.05, 0) is 57.2 Å². The summed E-state index contributed by atoms with van der Waals surface area (Å²) in [5.41, 5.74) is 2.96. The van der Waals surface area contributed by atoms with Crippen LogP contribution in [0.2, 0.25) is 0 Å². The predicted molar refractivity (Wildman–Crippen MR) is 144 cm³/mol. The van der Waals surface area contributed by atoms with E-state index in [1.807, 2.05) is 28.9 Å². The van der Waals surface area contributed by atoms with Crippen LogP contribution in [0.25, 0.3) is 0 Å². The van der Waals surface area contributed by atoms with Crippen molar-refractivity contribution in [3.8, 4) is 0 Å². The van der Waals surface area contributed by atoms with Gasteiger partial charge in [0.1, 0.15) is 0 Å². The molecule has 1 atom stereocenters. The molecular weight excluding hydrogens is 466 g/mol. The third-order valence-electron chi connectivity index (χ3n) is 9.26. The third-order valence-corrected chi connectivity index (χ3v) is 9.26. The monoisotopic (exact) mass is 507 g/mol. The molecule has 200 valence electrons. The van der Waals surface area contributed by atoms with Gasteiger partial charge in [-0.1, -0.05) is 0 Å². The smallest absolute Gasteiger partial charge is 0.409 e. The number of carbonyl (C=O) groups excluding carboxylic acids is 1. The Morgan fingerprint density at radius 3 is 2.51 bits per heavy atom. The van der Waals surface area contributed by atoms with Crippen LogP contribution in [0.5, 0.6) is 0 Å². The lowest BCUT2D eigenvalue weighted by atomic mass is 9.78. The van der Waals surface area contributed by atoms with Crippen LogP contribution >= 0.6 is 0 Å². The lowest BCUT2D eigenvalue weighted by molar-refractivity contribution is -0.00294. The van der Waals surface area contributed by atoms with Crippen molar-refractivity contribution in [3.63, 3.8) is 0 Å². The average Bonchev–Trinajstić information content (AvgIpc) is 3.55. The molecule has 6 rings (SSSR count). The SMILES string of the molecule is CCOC(=O)N1CC2(CCC(N3CCN(c4ncccc4N4CCC(c5ccnn5C)CC4)CC3)C2)C1. The van der Waals surface area contributed by atoms with Gasteiger partial charge in [-0.2, -0.15) is 5.10 Å². The van der Waals surface area contributed by atoms with Crippen molar-refractivity contribution in [2.75, 3.05) is 68.8 Å². The number of piperazine rings is 1. The highest BCUT2D eigenvalue weighted by Crippen LogP contribution is 2.47. The first-order valence-corrected chi connectivity index (χ1v) is 14.1. The van der Waals surface area contributed by atoms with E-state index in [-0.39, 0.29) is 6.09 Å². The van der Waals surface area contributed by atoms with E-state index in [9.17, 15) is 4.79 Å². The molecule has 1 spiro atoms. The summed E-state index contributed by atoms with van der Waals surface area (Å²) in [6, 6.07) is 7.15. The maximum Gasteiger partial charge on any atom is 0.409 e. The van der Waals surface area contributed by atoms with Gasteiger partial charge >= 0.3 is 6.09 Å². The summed E-state index contributed by atoms with van der Waals surface area (Å²) < 4.78 is 7.21. The number of ether oxygens (including phenoxy) is 1. The largest absolute Gasteiger partial charge is 0.450 e. The van der Waals surface area contributed by atoms with Crippen LogP contribution in [0.15, 0.2) is 30.6 Å². The summed E-state index contributed by atoms with van der Waals surface area (Å²) in [4.78, 5) is 26.5. The van der Waals surface area contributed by atoms with Crippen molar-refractivity contribution in [3.05, 3.63) is 36.3 Å². The number of hydrogen-bond donors (Lipinski definition) is 0. The molecule has 3 aliphatic heterocycles. The number of hydrogen-bond acceptors (Lipinski definition) is 7. The van der Waals surface area contributed by atoms with Crippen molar-refractivity contribution in [1.82, 2.24) is 24.6 Å². The molecule has 0 N–H and O–H groups in total. The molecule has 1 aliphatic carbocycles. The van der Waals surface area contributed by atoms with E-state index in [1.165, 1.54) is 30.6 Å². The minimum Gasteiger partial charge on any atom is -0.450 e. The van der Waals surface area contributed by atoms with E-state index in [4.69, 9.17) is 9.72 Å². The highest BCUT2D eigenvalue weighted by atomic mass is 16.6. The quantitative estimate of drug-likeness (QED) is 0.615. The number of rotatable bonds is 5. The van der Waals surface area contributed by atoms with Gasteiger partial charge in [0.05, 0.1) is 12.3 Å². The van der Waals surface area contributed by atoms with Crippen LogP contribution in [-0.4, -0.2) is 95.7 Å². The van der Waals surface area contributed by atoms with Crippen molar-refractivity contribution in [1.29, 1.82) is 0 Å². The van der Waals surface area contributed by atoms with Gasteiger partial charge in [-0.3, -0.25) is 9.58 Å². The molecule has 9 nitrogen and oxygen atoms in total. The number of aryl methyl sites for hydroxylation is 1. The lowest BCUT2D eigenvalue weighted by Crippen LogP contribution is -2.58. The highest BCUT2D eigenvalue weighted by molar-refractivity contribution is 5.69. The topological polar surface area (TPSA) is 70.0 Å². The Morgan fingerprint density at radius 1 is 1.03 bits per heavy atom. The summed E-state index contributed by atoms with van der Waals surface area (Å²) in [5.74, 6) is 1.73. The van der Waals surface area contributed by atoms with Gasteiger partial charge in [0.25, 0.3) is 0 Å². The van der Waals surface area contributed by atoms with E-state index in [0.29, 0.717) is 24.0 Å². The number of aromatic nitrogens is 3. The Hall–Kier alpha value is -2.81. The lowest BCUT2D eigenvalue weighted by Gasteiger charge is -2.48. The first-order valence-electron chi connectivity index (χ1n) is 14.1. The van der Waals surface area contributed by atoms with E-state index < -0.39 is 0 Å². The van der Waals surface area contributed by atoms with Crippen molar-refractivity contribution in [2.45, 2.75) is 51.0 Å². The molecule has 4 fully saturated rings. The van der Waals surface area contributed by atoms with Gasteiger partial charge in [0.2, 0.25) is 0 Å². The predicted octanol–water partition coefficient (Wildman–Crippen LogP) is 3.33. The maximum absolute atomic E-state index is 12.0. The van der Waals surface area contributed by atoms with Gasteiger partial charge in [0.15, 0.2) is 5.82 Å². The highest BCUT2D eigenvalue weighted by Gasteiger charge is 2.51. The molecule has 0 radical (unpaired) electrons. The van der Waals surface area contributed by atoms with Crippen LogP contribution in [-0.2, 0) is 11.8 Å². The number of anilines is 2. The van der Waals surface area contributed by atoms with Crippen LogP contribution in [0.3, 0.4) is 0 Å². The Morgan fingerprint density at radius 2 is 1.81 bits per heavy atom. The summed E-state index contributed by atoms with van der Waals surface area (Å²) in [6.45, 7) is 10.4. The molecule has 0 aromatic carbocycles. The van der Waals surface area contributed by atoms with E-state index in [2.05, 4.69) is 45.0 Å². The molecule has 9 heteroatoms. The molecule has 37 heavy (non-hydrogen) atoms. The third kappa shape index (κ3) is 4.78. The second-order valence-electron chi connectivity index (χ2n) is 11.5. The number of carbonyl (C=O) groups is 1. The molecule has 2 aromatic heterocycles. The van der Waals surface area contributed by atoms with E-state index in [1.54, 1.807) is 0 Å². The Bertz CT molecular complexity index is 1080. The number of nitrogens with zero attached hydrogens (tertiary/aromatic N) is 7. The fraction of sp³-hybridized carbons (Fsp3) is 0.679. The normalized spacial score (nSPS) is 24.5. The number of piperidine rings is 1. The summed E-state index contributed by atoms with van der Waals surface area (Å²) in [6.07, 6.45) is 9.71. The van der Waals surface area contributed by atoms with Gasteiger partial charge in [-0.15, -0.1) is 0 Å². The number of amides is 1. The molecule has 5 heterocycles. The zero-order valence-electron chi connectivity index (χ0n) is 22.4. The molecule has 1 amide bonds. The zero-order chi connectivity index (χ0) is 25.4. The van der Waals surface area contributed by atoms with Crippen LogP contribution in [0.4, 0.5) is 16.3 Å². The van der Waals surface area contributed by atoms with Crippen LogP contribution in [0, 0.1) is 5.41 Å². The number of likely N-dealkylation sites (tertiary alicyclic amines) is 1. The van der Waals surface area contributed by atoms with Crippen molar-refractivity contribution < 1.29 is 9.53 Å². The molecule has 0 bridgehead atoms. The molecule has 1 unspecified atom stereocenters. The van der Waals surface area contributed by atoms with Crippen LogP contribution in [0.1, 0.15) is 50.6 Å². The van der Waals surface area contributed by atoms with E-state index in [0.717, 1.165) is 71.0 Å². The van der Waals surface area contributed by atoms with Gasteiger partial charge in [0, 0.05) is 94.9 Å². The van der Waals surface area contributed by atoms with Crippen molar-refractivity contribution >= 4 is 17.6 Å². The Labute approximate surface area is 220 Å². The fourth-order valence-corrected chi connectivity index (χ4v) is 7.26. The van der Waals surface area contributed by atoms with Crippen molar-refractivity contribution in [2.24, 2.45) is 12.5 Å². The molecule has 4 aliphatic rings. The zero-order valence-corrected chi connectivity index (χ0v) is 22.4. The average molecular weight is 508 g/mol. The van der Waals surface area contributed by atoms with E-state index >= 15 is 0 Å². The number of pyridine rings is 1. The minimum atomic E-state index is -0.141. The Kier molecular flexibility index (Phi) is 6.73. The molecule has 1 saturated carbocycles. The standard InChI is InChI=1S/C28H41N7O2/c1-3-37-27(36)35-20-28(21-35)10-6-23(19-28)32-15-17-34(18-16-32)26-25(5-4-11-29-26)33-13-8-22(9-14-33)24-7-12-30-31(24)2/h4-5,7,11-12,22-23H,3,6,8-10,13-21H2,1-2H3. The van der Waals surface area contributed by atoms with Crippen LogP contribution < -0.4 is 9.80 Å². The fourth-order valence-electron chi connectivity index (χ4n) is 7.26.